The molecule has 37 heavy (non-hydrogen) atoms. The number of hydrogen-bond donors (Lipinski definition) is 8. The summed E-state index contributed by atoms with van der Waals surface area (Å²) >= 11 is 0. The van der Waals surface area contributed by atoms with Gasteiger partial charge in [-0.2, -0.15) is 0 Å². The maximum absolute atomic E-state index is 13.1. The number of nitrogens with two attached hydrogens (primary N) is 2. The first-order valence-corrected chi connectivity index (χ1v) is 11.3. The molecule has 0 bridgehead atoms. The van der Waals surface area contributed by atoms with Crippen LogP contribution in [-0.4, -0.2) is 74.9 Å². The van der Waals surface area contributed by atoms with Crippen LogP contribution >= 0.6 is 0 Å². The van der Waals surface area contributed by atoms with Gasteiger partial charge >= 0.3 is 11.9 Å². The number of carboxylic acid groups (broad SMARTS) is 2. The largest absolute Gasteiger partial charge is 0.481 e. The van der Waals surface area contributed by atoms with Gasteiger partial charge in [0.05, 0.1) is 12.5 Å². The van der Waals surface area contributed by atoms with Crippen LogP contribution in [0.2, 0.25) is 0 Å². The van der Waals surface area contributed by atoms with Gasteiger partial charge in [0.25, 0.3) is 0 Å². The molecule has 4 unspecified atom stereocenters. The quantitative estimate of drug-likeness (QED) is 0.142. The fraction of sp³-hybridized carbons (Fsp3) is 0.391. The van der Waals surface area contributed by atoms with Crippen LogP contribution in [0.5, 0.6) is 0 Å². The Balaban J connectivity index is 2.17. The molecule has 1 aromatic heterocycles. The standard InChI is InChI=1S/C23H30N6O8/c1-11(20(33)28-16(23(36)37)6-7-19(31)32)27-22(35)17(29-21(34)14(24)9-18(25)30)8-12-10-26-15-5-3-2-4-13(12)15/h2-5,10-11,14,16-17,26H,6-9,24H2,1H3,(H2,25,30)(H,27,35)(H,28,33)(H,29,34)(H,31,32)(H,36,37). The van der Waals surface area contributed by atoms with Gasteiger partial charge in [0.1, 0.15) is 18.1 Å². The van der Waals surface area contributed by atoms with E-state index in [9.17, 15) is 33.9 Å². The highest BCUT2D eigenvalue weighted by Crippen LogP contribution is 2.19. The predicted molar refractivity (Wildman–Crippen MR) is 130 cm³/mol. The highest BCUT2D eigenvalue weighted by atomic mass is 16.4. The highest BCUT2D eigenvalue weighted by Gasteiger charge is 2.29. The Hall–Kier alpha value is -4.46. The van der Waals surface area contributed by atoms with Crippen molar-refractivity contribution in [2.45, 2.75) is 56.8 Å². The van der Waals surface area contributed by atoms with Crippen LogP contribution in [0.15, 0.2) is 30.5 Å². The fourth-order valence-electron chi connectivity index (χ4n) is 3.52. The Morgan fingerprint density at radius 2 is 1.59 bits per heavy atom. The van der Waals surface area contributed by atoms with E-state index in [2.05, 4.69) is 20.9 Å². The molecule has 14 heteroatoms. The number of H-pyrrole nitrogens is 1. The Bertz CT molecular complexity index is 1180. The minimum Gasteiger partial charge on any atom is -0.481 e. The maximum Gasteiger partial charge on any atom is 0.326 e. The van der Waals surface area contributed by atoms with Gasteiger partial charge in [-0.3, -0.25) is 24.0 Å². The van der Waals surface area contributed by atoms with Gasteiger partial charge in [-0.05, 0) is 25.0 Å². The first-order valence-electron chi connectivity index (χ1n) is 11.3. The first-order chi connectivity index (χ1) is 17.4. The summed E-state index contributed by atoms with van der Waals surface area (Å²) in [6.45, 7) is 1.30. The van der Waals surface area contributed by atoms with E-state index in [4.69, 9.17) is 16.6 Å². The predicted octanol–water partition coefficient (Wildman–Crippen LogP) is -1.66. The molecule has 14 nitrogen and oxygen atoms in total. The third-order valence-corrected chi connectivity index (χ3v) is 5.50. The second-order valence-corrected chi connectivity index (χ2v) is 8.46. The van der Waals surface area contributed by atoms with E-state index in [0.29, 0.717) is 5.56 Å². The molecule has 0 fully saturated rings. The molecule has 0 aliphatic carbocycles. The van der Waals surface area contributed by atoms with Crippen LogP contribution in [-0.2, 0) is 35.2 Å². The van der Waals surface area contributed by atoms with Crippen molar-refractivity contribution in [2.75, 3.05) is 0 Å². The third kappa shape index (κ3) is 8.61. The van der Waals surface area contributed by atoms with E-state index in [0.717, 1.165) is 10.9 Å². The summed E-state index contributed by atoms with van der Waals surface area (Å²) in [4.78, 5) is 74.4. The summed E-state index contributed by atoms with van der Waals surface area (Å²) in [6.07, 6.45) is 0.376. The summed E-state index contributed by atoms with van der Waals surface area (Å²) < 4.78 is 0. The van der Waals surface area contributed by atoms with E-state index in [-0.39, 0.29) is 12.8 Å². The molecule has 0 aliphatic heterocycles. The molecule has 4 atom stereocenters. The number of rotatable bonds is 14. The van der Waals surface area contributed by atoms with Crippen molar-refractivity contribution in [3.05, 3.63) is 36.0 Å². The average Bonchev–Trinajstić information content (AvgIpc) is 3.23. The zero-order valence-electron chi connectivity index (χ0n) is 20.0. The van der Waals surface area contributed by atoms with Crippen LogP contribution in [0.1, 0.15) is 31.7 Å². The van der Waals surface area contributed by atoms with Crippen molar-refractivity contribution in [2.24, 2.45) is 11.5 Å². The van der Waals surface area contributed by atoms with Crippen LogP contribution in [0, 0.1) is 0 Å². The van der Waals surface area contributed by atoms with E-state index in [1.165, 1.54) is 6.92 Å². The number of aromatic amines is 1. The van der Waals surface area contributed by atoms with Gasteiger partial charge in [0.15, 0.2) is 0 Å². The number of hydrogen-bond acceptors (Lipinski definition) is 7. The summed E-state index contributed by atoms with van der Waals surface area (Å²) in [7, 11) is 0. The number of carboxylic acids is 2. The van der Waals surface area contributed by atoms with Crippen molar-refractivity contribution >= 4 is 46.5 Å². The molecule has 0 saturated heterocycles. The maximum atomic E-state index is 13.1. The Kier molecular flexibility index (Phi) is 10.1. The second kappa shape index (κ2) is 13.0. The van der Waals surface area contributed by atoms with Crippen LogP contribution in [0.25, 0.3) is 10.9 Å². The van der Waals surface area contributed by atoms with Crippen molar-refractivity contribution in [1.29, 1.82) is 0 Å². The summed E-state index contributed by atoms with van der Waals surface area (Å²) in [6, 6.07) is 2.02. The number of primary amides is 1. The van der Waals surface area contributed by atoms with E-state index in [1.54, 1.807) is 12.3 Å². The lowest BCUT2D eigenvalue weighted by atomic mass is 10.0. The molecule has 4 amide bonds. The highest BCUT2D eigenvalue weighted by molar-refractivity contribution is 5.95. The molecule has 10 N–H and O–H groups in total. The molecule has 0 aliphatic rings. The van der Waals surface area contributed by atoms with Crippen molar-refractivity contribution in [1.82, 2.24) is 20.9 Å². The summed E-state index contributed by atoms with van der Waals surface area (Å²) in [5, 5.41) is 25.9. The van der Waals surface area contributed by atoms with Gasteiger partial charge in [-0.15, -0.1) is 0 Å². The fourth-order valence-corrected chi connectivity index (χ4v) is 3.52. The van der Waals surface area contributed by atoms with E-state index >= 15 is 0 Å². The normalized spacial score (nSPS) is 14.1. The smallest absolute Gasteiger partial charge is 0.326 e. The number of amides is 4. The Labute approximate surface area is 211 Å². The van der Waals surface area contributed by atoms with Gasteiger partial charge in [-0.1, -0.05) is 18.2 Å². The molecular weight excluding hydrogens is 488 g/mol. The van der Waals surface area contributed by atoms with Gasteiger partial charge < -0.3 is 42.6 Å². The van der Waals surface area contributed by atoms with Gasteiger partial charge in [0.2, 0.25) is 23.6 Å². The van der Waals surface area contributed by atoms with Gasteiger partial charge in [-0.25, -0.2) is 4.79 Å². The molecule has 2 aromatic rings. The minimum absolute atomic E-state index is 0.00439. The first kappa shape index (κ1) is 28.8. The number of aliphatic carboxylic acids is 2. The Morgan fingerprint density at radius 3 is 2.22 bits per heavy atom. The summed E-state index contributed by atoms with van der Waals surface area (Å²) in [5.74, 6) is -5.91. The number of fused-ring (bicyclic) bond motifs is 1. The Morgan fingerprint density at radius 1 is 0.946 bits per heavy atom. The lowest BCUT2D eigenvalue weighted by molar-refractivity contribution is -0.143. The number of nitrogens with one attached hydrogen (secondary N) is 4. The molecule has 0 radical (unpaired) electrons. The number of carbonyl (C=O) groups is 6. The van der Waals surface area contributed by atoms with Crippen molar-refractivity contribution < 1.29 is 39.0 Å². The van der Waals surface area contributed by atoms with Crippen molar-refractivity contribution in [3.63, 3.8) is 0 Å². The topological polar surface area (TPSA) is 247 Å². The van der Waals surface area contributed by atoms with E-state index in [1.807, 2.05) is 18.2 Å². The molecule has 1 aromatic carbocycles. The summed E-state index contributed by atoms with van der Waals surface area (Å²) in [5.41, 5.74) is 12.3. The van der Waals surface area contributed by atoms with Crippen molar-refractivity contribution in [3.8, 4) is 0 Å². The second-order valence-electron chi connectivity index (χ2n) is 8.46. The molecule has 2 rings (SSSR count). The van der Waals surface area contributed by atoms with Crippen LogP contribution in [0.4, 0.5) is 0 Å². The monoisotopic (exact) mass is 518 g/mol. The number of benzene rings is 1. The number of aromatic nitrogens is 1. The lowest BCUT2D eigenvalue weighted by Gasteiger charge is -2.23. The zero-order valence-corrected chi connectivity index (χ0v) is 20.0. The zero-order chi connectivity index (χ0) is 27.7. The molecular formula is C23H30N6O8. The minimum atomic E-state index is -1.48. The SMILES string of the molecule is CC(NC(=O)C(Cc1c[nH]c2ccccc12)NC(=O)C(N)CC(N)=O)C(=O)NC(CCC(=O)O)C(=O)O. The number of carbonyl (C=O) groups excluding carboxylic acids is 4. The number of para-hydroxylation sites is 1. The van der Waals surface area contributed by atoms with Gasteiger partial charge in [0, 0.05) is 29.9 Å². The van der Waals surface area contributed by atoms with Crippen LogP contribution in [0.3, 0.4) is 0 Å². The average molecular weight is 519 g/mol. The molecule has 1 heterocycles. The molecule has 0 spiro atoms. The van der Waals surface area contributed by atoms with E-state index < -0.39 is 72.6 Å². The molecule has 0 saturated carbocycles. The third-order valence-electron chi connectivity index (χ3n) is 5.50. The van der Waals surface area contributed by atoms with Crippen LogP contribution < -0.4 is 27.4 Å². The molecule has 200 valence electrons. The lowest BCUT2D eigenvalue weighted by Crippen LogP contribution is -2.57.